The van der Waals surface area contributed by atoms with Crippen LogP contribution in [-0.2, 0) is 32.3 Å². The van der Waals surface area contributed by atoms with Crippen molar-refractivity contribution < 1.29 is 43.2 Å². The quantitative estimate of drug-likeness (QED) is 0.109. The van der Waals surface area contributed by atoms with Crippen LogP contribution < -0.4 is 20.1 Å². The highest BCUT2D eigenvalue weighted by molar-refractivity contribution is 5.89. The predicted molar refractivity (Wildman–Crippen MR) is 222 cm³/mol. The van der Waals surface area contributed by atoms with Crippen LogP contribution in [-0.4, -0.2) is 104 Å². The number of hydrogen-bond acceptors (Lipinski definition) is 10. The zero-order chi connectivity index (χ0) is 43.3. The van der Waals surface area contributed by atoms with Crippen LogP contribution in [0.15, 0.2) is 36.7 Å². The number of carbonyl (C=O) groups is 4. The first-order chi connectivity index (χ1) is 29.3. The second kappa shape index (κ2) is 16.7. The molecule has 6 heterocycles. The van der Waals surface area contributed by atoms with Crippen LogP contribution in [0.5, 0.6) is 11.5 Å². The lowest BCUT2D eigenvalue weighted by Gasteiger charge is -2.33. The number of alkyl carbamates (subject to hydrolysis) is 1. The van der Waals surface area contributed by atoms with E-state index in [2.05, 4.69) is 32.7 Å². The number of amides is 4. The van der Waals surface area contributed by atoms with E-state index in [1.165, 1.54) is 7.11 Å². The summed E-state index contributed by atoms with van der Waals surface area (Å²) in [5.41, 5.74) is 7.19. The molecule has 0 bridgehead atoms. The maximum atomic E-state index is 13.9. The van der Waals surface area contributed by atoms with E-state index < -0.39 is 24.3 Å². The van der Waals surface area contributed by atoms with E-state index in [1.54, 1.807) is 24.4 Å². The number of benzene rings is 2. The first kappa shape index (κ1) is 41.6. The number of imidazole rings is 2. The molecule has 6 atom stereocenters. The number of likely N-dealkylation sites (tertiary alicyclic amines) is 2. The third-order valence-corrected chi connectivity index (χ3v) is 12.4. The summed E-state index contributed by atoms with van der Waals surface area (Å²) in [7, 11) is 2.91. The number of ether oxygens (including phenoxy) is 4. The highest BCUT2D eigenvalue weighted by atomic mass is 16.5. The zero-order valence-corrected chi connectivity index (χ0v) is 35.5. The maximum Gasteiger partial charge on any atom is 0.407 e. The van der Waals surface area contributed by atoms with E-state index in [4.69, 9.17) is 28.9 Å². The van der Waals surface area contributed by atoms with Gasteiger partial charge in [0.1, 0.15) is 48.4 Å². The van der Waals surface area contributed by atoms with Crippen LogP contribution in [0.3, 0.4) is 0 Å². The average Bonchev–Trinajstić information content (AvgIpc) is 4.07. The number of hydrogen-bond donors (Lipinski definition) is 5. The largest absolute Gasteiger partial charge is 0.488 e. The molecule has 17 heteroatoms. The Bertz CT molecular complexity index is 2290. The summed E-state index contributed by atoms with van der Waals surface area (Å²) in [5, 5.41) is 14.6. The molecule has 0 aliphatic carbocycles. The third-order valence-electron chi connectivity index (χ3n) is 12.4. The topological polar surface area (TPSA) is 213 Å². The number of H-pyrrole nitrogens is 2. The minimum atomic E-state index is -1.24. The molecular weight excluding hydrogens is 785 g/mol. The Labute approximate surface area is 353 Å². The Hall–Kier alpha value is -6.10. The number of nitrogens with one attached hydrogen (secondary N) is 4. The van der Waals surface area contributed by atoms with Gasteiger partial charge in [-0.2, -0.15) is 0 Å². The number of rotatable bonds is 12. The number of aromatic nitrogens is 4. The summed E-state index contributed by atoms with van der Waals surface area (Å²) in [5.74, 6) is 1.97. The van der Waals surface area contributed by atoms with E-state index in [0.29, 0.717) is 44.4 Å². The predicted octanol–water partition coefficient (Wildman–Crippen LogP) is 6.18. The normalized spacial score (nSPS) is 21.1. The summed E-state index contributed by atoms with van der Waals surface area (Å²) in [6.45, 7) is 11.0. The fourth-order valence-corrected chi connectivity index (χ4v) is 9.39. The maximum absolute atomic E-state index is 13.9. The van der Waals surface area contributed by atoms with Gasteiger partial charge in [0, 0.05) is 59.0 Å². The average molecular weight is 839 g/mol. The summed E-state index contributed by atoms with van der Waals surface area (Å²) in [6, 6.07) is 5.83. The molecule has 2 saturated heterocycles. The van der Waals surface area contributed by atoms with Gasteiger partial charge in [-0.15, -0.1) is 0 Å². The van der Waals surface area contributed by atoms with Crippen LogP contribution in [0.25, 0.3) is 33.6 Å². The molecule has 2 aromatic heterocycles. The molecule has 0 radical (unpaired) electrons. The van der Waals surface area contributed by atoms with Crippen molar-refractivity contribution in [3.05, 3.63) is 59.4 Å². The Kier molecular flexibility index (Phi) is 11.4. The minimum absolute atomic E-state index is 0.0370. The molecule has 8 rings (SSSR count). The van der Waals surface area contributed by atoms with Gasteiger partial charge in [-0.05, 0) is 62.3 Å². The van der Waals surface area contributed by atoms with Crippen LogP contribution in [0.2, 0.25) is 0 Å². The fraction of sp³-hybridized carbons (Fsp3) is 0.500. The van der Waals surface area contributed by atoms with Crippen LogP contribution in [0.1, 0.15) is 88.7 Å². The molecule has 2 aromatic carbocycles. The van der Waals surface area contributed by atoms with Gasteiger partial charge in [0.05, 0.1) is 49.6 Å². The monoisotopic (exact) mass is 838 g/mol. The number of carboxylic acid groups (broad SMARTS) is 1. The van der Waals surface area contributed by atoms with Gasteiger partial charge < -0.3 is 54.5 Å². The second-order valence-electron chi connectivity index (χ2n) is 17.2. The van der Waals surface area contributed by atoms with E-state index in [1.807, 2.05) is 51.7 Å². The van der Waals surface area contributed by atoms with Gasteiger partial charge in [-0.3, -0.25) is 9.59 Å². The molecule has 2 fully saturated rings. The van der Waals surface area contributed by atoms with Crippen molar-refractivity contribution >= 4 is 24.0 Å². The standard InChI is InChI=1S/C44H54N8O9/c1-21(2)37(49-43(55)56)41(53)51-17-24(18-58-6)10-32(51)40-46-16-30(48-40)26-12-28-20-60-33-13-25(11-27-19-61-34(14-26)36(28)35(27)33)29-15-45-39(47-29)31-9-8-23(5)52(31)42(54)38(22(3)4)50-44(57)59-7/h11-16,21-24,31-32,37-38,49H,8-10,17-20H2,1-7H3,(H,45,47)(H,46,48)(H,50,57)(H,55,56)/t23?,24-,31-,32-,37-,38?/m0/s1. The first-order valence-electron chi connectivity index (χ1n) is 20.9. The minimum Gasteiger partial charge on any atom is -0.488 e. The van der Waals surface area contributed by atoms with Crippen LogP contribution in [0, 0.1) is 17.8 Å². The summed E-state index contributed by atoms with van der Waals surface area (Å²) < 4.78 is 23.1. The highest BCUT2D eigenvalue weighted by Crippen LogP contribution is 2.51. The molecule has 0 spiro atoms. The van der Waals surface area contributed by atoms with E-state index in [-0.39, 0.29) is 47.7 Å². The molecule has 4 amide bonds. The van der Waals surface area contributed by atoms with Crippen LogP contribution in [0.4, 0.5) is 9.59 Å². The Morgan fingerprint density at radius 2 is 1.38 bits per heavy atom. The molecule has 4 aliphatic rings. The first-order valence-corrected chi connectivity index (χ1v) is 20.9. The summed E-state index contributed by atoms with van der Waals surface area (Å²) in [4.78, 5) is 71.4. The van der Waals surface area contributed by atoms with Crippen molar-refractivity contribution in [3.8, 4) is 45.1 Å². The second-order valence-corrected chi connectivity index (χ2v) is 17.2. The van der Waals surface area contributed by atoms with Crippen molar-refractivity contribution in [1.82, 2.24) is 40.4 Å². The van der Waals surface area contributed by atoms with Crippen molar-refractivity contribution in [2.75, 3.05) is 27.4 Å². The molecule has 17 nitrogen and oxygen atoms in total. The number of carbonyl (C=O) groups excluding carboxylic acids is 3. The van der Waals surface area contributed by atoms with Crippen molar-refractivity contribution in [2.45, 2.75) is 97.3 Å². The smallest absolute Gasteiger partial charge is 0.407 e. The van der Waals surface area contributed by atoms with Gasteiger partial charge in [0.2, 0.25) is 11.8 Å². The van der Waals surface area contributed by atoms with Gasteiger partial charge in [-0.25, -0.2) is 19.6 Å². The van der Waals surface area contributed by atoms with Gasteiger partial charge in [0.25, 0.3) is 0 Å². The molecule has 324 valence electrons. The third kappa shape index (κ3) is 7.86. The van der Waals surface area contributed by atoms with E-state index in [9.17, 15) is 24.3 Å². The van der Waals surface area contributed by atoms with Crippen molar-refractivity contribution in [2.24, 2.45) is 17.8 Å². The van der Waals surface area contributed by atoms with E-state index in [0.717, 1.165) is 69.1 Å². The van der Waals surface area contributed by atoms with E-state index >= 15 is 0 Å². The SMILES string of the molecule is COC[C@H]1C[C@@H](c2ncc(-c3cc4c5c(c3)OCc3cc(-c6cnc([C@@H]7CCC(C)N7C(=O)C(NC(=O)OC)C(C)C)[nH]6)cc(c3-5)OC4)[nH]2)N(C(=O)[C@@H](NC(=O)O)C(C)C)C1. The zero-order valence-electron chi connectivity index (χ0n) is 35.5. The lowest BCUT2D eigenvalue weighted by Crippen LogP contribution is -2.52. The molecular formula is C44H54N8O9. The Morgan fingerprint density at radius 1 is 0.820 bits per heavy atom. The molecule has 2 unspecified atom stereocenters. The molecule has 4 aliphatic heterocycles. The number of aromatic amines is 2. The molecule has 61 heavy (non-hydrogen) atoms. The molecule has 4 aromatic rings. The number of methoxy groups -OCH3 is 2. The van der Waals surface area contributed by atoms with Gasteiger partial charge in [-0.1, -0.05) is 27.7 Å². The highest BCUT2D eigenvalue weighted by Gasteiger charge is 2.43. The summed E-state index contributed by atoms with van der Waals surface area (Å²) >= 11 is 0. The fourth-order valence-electron chi connectivity index (χ4n) is 9.39. The Balaban J connectivity index is 1.04. The molecule has 0 saturated carbocycles. The number of nitrogens with zero attached hydrogens (tertiary/aromatic N) is 4. The van der Waals surface area contributed by atoms with Gasteiger partial charge in [0.15, 0.2) is 0 Å². The lowest BCUT2D eigenvalue weighted by atomic mass is 9.87. The Morgan fingerprint density at radius 3 is 1.90 bits per heavy atom. The van der Waals surface area contributed by atoms with Gasteiger partial charge >= 0.3 is 12.2 Å². The van der Waals surface area contributed by atoms with Crippen molar-refractivity contribution in [3.63, 3.8) is 0 Å². The summed E-state index contributed by atoms with van der Waals surface area (Å²) in [6.07, 6.45) is 3.80. The lowest BCUT2D eigenvalue weighted by molar-refractivity contribution is -0.137. The molecule has 5 N–H and O–H groups in total. The van der Waals surface area contributed by atoms with Crippen LogP contribution >= 0.6 is 0 Å². The van der Waals surface area contributed by atoms with Crippen molar-refractivity contribution in [1.29, 1.82) is 0 Å².